The molecular formula is C15H19F2NO2. The molecule has 1 fully saturated rings. The molecule has 1 aliphatic rings. The van der Waals surface area contributed by atoms with Gasteiger partial charge in [0.2, 0.25) is 0 Å². The Morgan fingerprint density at radius 1 is 1.40 bits per heavy atom. The molecule has 1 aliphatic heterocycles. The van der Waals surface area contributed by atoms with E-state index < -0.39 is 11.6 Å². The first-order valence-electron chi connectivity index (χ1n) is 6.94. The zero-order valence-corrected chi connectivity index (χ0v) is 11.6. The van der Waals surface area contributed by atoms with E-state index in [0.717, 1.165) is 25.0 Å². The standard InChI is InChI=1S/C15H19F2NO2/c1-2-20-10-11-4-3-7-18(9-11)15(19)12-5-6-13(16)14(17)8-12/h5-6,8,11H,2-4,7,9-10H2,1H3. The van der Waals surface area contributed by atoms with Crippen LogP contribution in [0.2, 0.25) is 0 Å². The van der Waals surface area contributed by atoms with Gasteiger partial charge < -0.3 is 9.64 Å². The van der Waals surface area contributed by atoms with Crippen molar-refractivity contribution in [3.8, 4) is 0 Å². The van der Waals surface area contributed by atoms with Crippen molar-refractivity contribution < 1.29 is 18.3 Å². The van der Waals surface area contributed by atoms with E-state index in [4.69, 9.17) is 4.74 Å². The third kappa shape index (κ3) is 3.54. The lowest BCUT2D eigenvalue weighted by atomic mass is 9.98. The summed E-state index contributed by atoms with van der Waals surface area (Å²) in [6.07, 6.45) is 1.94. The number of hydrogen-bond donors (Lipinski definition) is 0. The van der Waals surface area contributed by atoms with E-state index in [1.54, 1.807) is 4.90 Å². The molecule has 5 heteroatoms. The summed E-state index contributed by atoms with van der Waals surface area (Å²) in [4.78, 5) is 14.0. The first-order valence-corrected chi connectivity index (χ1v) is 6.94. The van der Waals surface area contributed by atoms with Gasteiger partial charge in [0, 0.05) is 25.3 Å². The lowest BCUT2D eigenvalue weighted by Crippen LogP contribution is -2.41. The van der Waals surface area contributed by atoms with Crippen molar-refractivity contribution in [1.29, 1.82) is 0 Å². The summed E-state index contributed by atoms with van der Waals surface area (Å²) in [6.45, 7) is 4.50. The van der Waals surface area contributed by atoms with E-state index >= 15 is 0 Å². The van der Waals surface area contributed by atoms with Crippen molar-refractivity contribution in [2.75, 3.05) is 26.3 Å². The smallest absolute Gasteiger partial charge is 0.253 e. The zero-order valence-electron chi connectivity index (χ0n) is 11.6. The Bertz CT molecular complexity index is 479. The van der Waals surface area contributed by atoms with Crippen LogP contribution in [0.3, 0.4) is 0 Å². The molecule has 1 amide bonds. The molecule has 1 unspecified atom stereocenters. The number of benzene rings is 1. The van der Waals surface area contributed by atoms with Gasteiger partial charge in [0.15, 0.2) is 11.6 Å². The second-order valence-electron chi connectivity index (χ2n) is 5.05. The van der Waals surface area contributed by atoms with E-state index in [0.29, 0.717) is 32.2 Å². The van der Waals surface area contributed by atoms with Crippen molar-refractivity contribution in [3.05, 3.63) is 35.4 Å². The molecule has 0 spiro atoms. The number of ether oxygens (including phenoxy) is 1. The number of carbonyl (C=O) groups is 1. The molecule has 1 atom stereocenters. The predicted octanol–water partition coefficient (Wildman–Crippen LogP) is 2.85. The van der Waals surface area contributed by atoms with E-state index in [1.165, 1.54) is 6.07 Å². The molecule has 3 nitrogen and oxygen atoms in total. The molecule has 1 aromatic carbocycles. The summed E-state index contributed by atoms with van der Waals surface area (Å²) in [5.74, 6) is -1.85. The number of amides is 1. The maximum Gasteiger partial charge on any atom is 0.253 e. The molecule has 1 saturated heterocycles. The Morgan fingerprint density at radius 3 is 2.90 bits per heavy atom. The van der Waals surface area contributed by atoms with Crippen LogP contribution in [0.4, 0.5) is 8.78 Å². The molecule has 110 valence electrons. The van der Waals surface area contributed by atoms with Crippen molar-refractivity contribution in [3.63, 3.8) is 0 Å². The van der Waals surface area contributed by atoms with Crippen molar-refractivity contribution >= 4 is 5.91 Å². The summed E-state index contributed by atoms with van der Waals surface area (Å²) in [7, 11) is 0. The van der Waals surface area contributed by atoms with Crippen LogP contribution >= 0.6 is 0 Å². The van der Waals surface area contributed by atoms with Crippen LogP contribution in [0, 0.1) is 17.6 Å². The third-order valence-electron chi connectivity index (χ3n) is 3.53. The van der Waals surface area contributed by atoms with Crippen LogP contribution in [0.15, 0.2) is 18.2 Å². The highest BCUT2D eigenvalue weighted by atomic mass is 19.2. The SMILES string of the molecule is CCOCC1CCCN(C(=O)c2ccc(F)c(F)c2)C1. The Labute approximate surface area is 117 Å². The van der Waals surface area contributed by atoms with Crippen LogP contribution in [-0.4, -0.2) is 37.1 Å². The fourth-order valence-corrected chi connectivity index (χ4v) is 2.48. The molecule has 0 radical (unpaired) electrons. The summed E-state index contributed by atoms with van der Waals surface area (Å²) in [5.41, 5.74) is 0.195. The van der Waals surface area contributed by atoms with Gasteiger partial charge >= 0.3 is 0 Å². The van der Waals surface area contributed by atoms with Gasteiger partial charge in [-0.25, -0.2) is 8.78 Å². The number of hydrogen-bond acceptors (Lipinski definition) is 2. The summed E-state index contributed by atoms with van der Waals surface area (Å²) >= 11 is 0. The van der Waals surface area contributed by atoms with Crippen molar-refractivity contribution in [1.82, 2.24) is 4.90 Å². The summed E-state index contributed by atoms with van der Waals surface area (Å²) < 4.78 is 31.5. The van der Waals surface area contributed by atoms with Crippen LogP contribution in [0.1, 0.15) is 30.1 Å². The quantitative estimate of drug-likeness (QED) is 0.850. The Balaban J connectivity index is 2.02. The second-order valence-corrected chi connectivity index (χ2v) is 5.05. The van der Waals surface area contributed by atoms with Crippen LogP contribution in [0.5, 0.6) is 0 Å². The molecule has 20 heavy (non-hydrogen) atoms. The van der Waals surface area contributed by atoms with Gasteiger partial charge in [-0.2, -0.15) is 0 Å². The van der Waals surface area contributed by atoms with Gasteiger partial charge in [-0.05, 0) is 43.9 Å². The van der Waals surface area contributed by atoms with Gasteiger partial charge in [0.05, 0.1) is 6.61 Å². The minimum atomic E-state index is -0.987. The van der Waals surface area contributed by atoms with Crippen LogP contribution in [-0.2, 0) is 4.74 Å². The Hall–Kier alpha value is -1.49. The first kappa shape index (κ1) is 14.9. The number of piperidine rings is 1. The molecule has 1 heterocycles. The Kier molecular flexibility index (Phi) is 5.06. The highest BCUT2D eigenvalue weighted by Gasteiger charge is 2.25. The maximum atomic E-state index is 13.2. The fourth-order valence-electron chi connectivity index (χ4n) is 2.48. The van der Waals surface area contributed by atoms with Gasteiger partial charge in [-0.1, -0.05) is 0 Å². The van der Waals surface area contributed by atoms with E-state index in [2.05, 4.69) is 0 Å². The van der Waals surface area contributed by atoms with Gasteiger partial charge in [0.1, 0.15) is 0 Å². The van der Waals surface area contributed by atoms with Crippen LogP contribution < -0.4 is 0 Å². The molecule has 1 aromatic rings. The van der Waals surface area contributed by atoms with Gasteiger partial charge in [-0.15, -0.1) is 0 Å². The van der Waals surface area contributed by atoms with Gasteiger partial charge in [0.25, 0.3) is 5.91 Å². The molecule has 0 saturated carbocycles. The predicted molar refractivity (Wildman–Crippen MR) is 71.5 cm³/mol. The van der Waals surface area contributed by atoms with E-state index in [-0.39, 0.29) is 11.5 Å². The lowest BCUT2D eigenvalue weighted by Gasteiger charge is -2.32. The van der Waals surface area contributed by atoms with Gasteiger partial charge in [-0.3, -0.25) is 4.79 Å². The molecule has 0 bridgehead atoms. The zero-order chi connectivity index (χ0) is 14.5. The minimum Gasteiger partial charge on any atom is -0.381 e. The number of carbonyl (C=O) groups excluding carboxylic acids is 1. The molecule has 0 N–H and O–H groups in total. The second kappa shape index (κ2) is 6.79. The minimum absolute atomic E-state index is 0.195. The summed E-state index contributed by atoms with van der Waals surface area (Å²) in [6, 6.07) is 3.28. The average Bonchev–Trinajstić information content (AvgIpc) is 2.47. The highest BCUT2D eigenvalue weighted by molar-refractivity contribution is 5.94. The number of nitrogens with zero attached hydrogens (tertiary/aromatic N) is 1. The molecule has 0 aliphatic carbocycles. The van der Waals surface area contributed by atoms with E-state index in [1.807, 2.05) is 6.92 Å². The lowest BCUT2D eigenvalue weighted by molar-refractivity contribution is 0.0500. The summed E-state index contributed by atoms with van der Waals surface area (Å²) in [5, 5.41) is 0. The third-order valence-corrected chi connectivity index (χ3v) is 3.53. The topological polar surface area (TPSA) is 29.5 Å². The number of halogens is 2. The first-order chi connectivity index (χ1) is 9.61. The molecular weight excluding hydrogens is 264 g/mol. The number of likely N-dealkylation sites (tertiary alicyclic amines) is 1. The average molecular weight is 283 g/mol. The number of rotatable bonds is 4. The molecule has 0 aromatic heterocycles. The van der Waals surface area contributed by atoms with Crippen LogP contribution in [0.25, 0.3) is 0 Å². The van der Waals surface area contributed by atoms with Crippen molar-refractivity contribution in [2.24, 2.45) is 5.92 Å². The fraction of sp³-hybridized carbons (Fsp3) is 0.533. The largest absolute Gasteiger partial charge is 0.381 e. The maximum absolute atomic E-state index is 13.2. The van der Waals surface area contributed by atoms with E-state index in [9.17, 15) is 13.6 Å². The monoisotopic (exact) mass is 283 g/mol. The Morgan fingerprint density at radius 2 is 2.20 bits per heavy atom. The van der Waals surface area contributed by atoms with Crippen molar-refractivity contribution in [2.45, 2.75) is 19.8 Å². The highest BCUT2D eigenvalue weighted by Crippen LogP contribution is 2.19. The molecule has 2 rings (SSSR count). The normalized spacial score (nSPS) is 19.1.